The smallest absolute Gasteiger partial charge is 0.321 e. The Labute approximate surface area is 188 Å². The Kier molecular flexibility index (Phi) is 6.94. The molecule has 0 saturated carbocycles. The number of aryl methyl sites for hydroxylation is 1. The zero-order chi connectivity index (χ0) is 22.3. The molecule has 0 aliphatic carbocycles. The minimum absolute atomic E-state index is 0.0284. The second kappa shape index (κ2) is 10.2. The van der Waals surface area contributed by atoms with Crippen molar-refractivity contribution in [1.82, 2.24) is 15.5 Å². The van der Waals surface area contributed by atoms with Gasteiger partial charge in [0.05, 0.1) is 13.1 Å². The maximum atomic E-state index is 12.3. The molecular weight excluding hydrogens is 402 g/mol. The van der Waals surface area contributed by atoms with Gasteiger partial charge in [-0.2, -0.15) is 0 Å². The minimum Gasteiger partial charge on any atom is -0.459 e. The van der Waals surface area contributed by atoms with Crippen molar-refractivity contribution in [3.63, 3.8) is 0 Å². The van der Waals surface area contributed by atoms with Crippen molar-refractivity contribution in [2.45, 2.75) is 39.8 Å². The summed E-state index contributed by atoms with van der Waals surface area (Å²) in [6, 6.07) is 15.9. The van der Waals surface area contributed by atoms with E-state index in [9.17, 15) is 4.79 Å². The van der Waals surface area contributed by atoms with Crippen LogP contribution >= 0.6 is 0 Å². The molecule has 1 aromatic heterocycles. The lowest BCUT2D eigenvalue weighted by Crippen LogP contribution is -2.36. The van der Waals surface area contributed by atoms with Gasteiger partial charge in [0.25, 0.3) is 0 Å². The van der Waals surface area contributed by atoms with E-state index in [4.69, 9.17) is 9.41 Å². The van der Waals surface area contributed by atoms with Crippen LogP contribution in [0.1, 0.15) is 36.7 Å². The summed E-state index contributed by atoms with van der Waals surface area (Å²) in [6.45, 7) is 7.60. The molecule has 2 amide bonds. The summed E-state index contributed by atoms with van der Waals surface area (Å²) in [6.07, 6.45) is 2.16. The molecule has 1 aliphatic heterocycles. The summed E-state index contributed by atoms with van der Waals surface area (Å²) < 4.78 is 6.00. The Morgan fingerprint density at radius 2 is 1.91 bits per heavy atom. The number of nitrogens with one attached hydrogen (secondary N) is 3. The predicted octanol–water partition coefficient (Wildman–Crippen LogP) is 4.62. The number of benzene rings is 2. The first-order chi connectivity index (χ1) is 15.6. The fourth-order valence-electron chi connectivity index (χ4n) is 3.94. The highest BCUT2D eigenvalue weighted by Crippen LogP contribution is 2.24. The first-order valence-corrected chi connectivity index (χ1v) is 11.3. The molecule has 0 unspecified atom stereocenters. The van der Waals surface area contributed by atoms with E-state index in [1.54, 1.807) is 0 Å². The summed E-state index contributed by atoms with van der Waals surface area (Å²) in [5.41, 5.74) is 3.87. The fourth-order valence-corrected chi connectivity index (χ4v) is 3.94. The van der Waals surface area contributed by atoms with Crippen LogP contribution in [-0.4, -0.2) is 36.5 Å². The van der Waals surface area contributed by atoms with Crippen LogP contribution < -0.4 is 16.0 Å². The standard InChI is InChI=1S/C25H31N5O2/c1-3-26-24(28-17-23-18(2)21-11-4-5-12-22(21)32-23)27-16-19-9-8-10-20(15-19)29-25(31)30-13-6-7-14-30/h4-5,8-12,15H,3,6-7,13-14,16-17H2,1-2H3,(H,29,31)(H2,26,27,28). The molecule has 3 aromatic rings. The second-order valence-corrected chi connectivity index (χ2v) is 8.02. The van der Waals surface area contributed by atoms with E-state index in [0.29, 0.717) is 13.1 Å². The maximum absolute atomic E-state index is 12.3. The molecule has 1 fully saturated rings. The van der Waals surface area contributed by atoms with Gasteiger partial charge in [-0.1, -0.05) is 30.3 Å². The van der Waals surface area contributed by atoms with E-state index < -0.39 is 0 Å². The van der Waals surface area contributed by atoms with E-state index in [-0.39, 0.29) is 6.03 Å². The summed E-state index contributed by atoms with van der Waals surface area (Å²) >= 11 is 0. The molecular formula is C25H31N5O2. The third-order valence-corrected chi connectivity index (χ3v) is 5.69. The van der Waals surface area contributed by atoms with Gasteiger partial charge in [-0.15, -0.1) is 0 Å². The number of urea groups is 1. The molecule has 4 rings (SSSR count). The van der Waals surface area contributed by atoms with Gasteiger partial charge in [0.2, 0.25) is 0 Å². The summed E-state index contributed by atoms with van der Waals surface area (Å²) in [4.78, 5) is 18.9. The van der Waals surface area contributed by atoms with Gasteiger partial charge < -0.3 is 25.3 Å². The molecule has 3 N–H and O–H groups in total. The minimum atomic E-state index is -0.0284. The van der Waals surface area contributed by atoms with Gasteiger partial charge in [0, 0.05) is 36.3 Å². The molecule has 168 valence electrons. The van der Waals surface area contributed by atoms with Crippen LogP contribution in [0.3, 0.4) is 0 Å². The average Bonchev–Trinajstić information content (AvgIpc) is 3.45. The topological polar surface area (TPSA) is 81.9 Å². The fraction of sp³-hybridized carbons (Fsp3) is 0.360. The summed E-state index contributed by atoms with van der Waals surface area (Å²) in [5.74, 6) is 1.63. The van der Waals surface area contributed by atoms with E-state index in [1.165, 1.54) is 0 Å². The summed E-state index contributed by atoms with van der Waals surface area (Å²) in [5, 5.41) is 10.8. The largest absolute Gasteiger partial charge is 0.459 e. The quantitative estimate of drug-likeness (QED) is 0.391. The van der Waals surface area contributed by atoms with Crippen molar-refractivity contribution in [3.8, 4) is 0 Å². The van der Waals surface area contributed by atoms with Crippen LogP contribution in [0.5, 0.6) is 0 Å². The Morgan fingerprint density at radius 3 is 2.69 bits per heavy atom. The van der Waals surface area contributed by atoms with Crippen molar-refractivity contribution >= 4 is 28.6 Å². The lowest BCUT2D eigenvalue weighted by Gasteiger charge is -2.16. The lowest BCUT2D eigenvalue weighted by atomic mass is 10.1. The number of likely N-dealkylation sites (tertiary alicyclic amines) is 1. The highest BCUT2D eigenvalue weighted by Gasteiger charge is 2.17. The Hall–Kier alpha value is -3.48. The molecule has 1 saturated heterocycles. The van der Waals surface area contributed by atoms with Gasteiger partial charge in [-0.3, -0.25) is 0 Å². The van der Waals surface area contributed by atoms with E-state index in [1.807, 2.05) is 54.3 Å². The maximum Gasteiger partial charge on any atom is 0.321 e. The van der Waals surface area contributed by atoms with Crippen LogP contribution in [0, 0.1) is 6.92 Å². The number of amides is 2. The van der Waals surface area contributed by atoms with Crippen molar-refractivity contribution < 1.29 is 9.21 Å². The molecule has 2 aromatic carbocycles. The number of carbonyl (C=O) groups is 1. The first-order valence-electron chi connectivity index (χ1n) is 11.3. The second-order valence-electron chi connectivity index (χ2n) is 8.02. The molecule has 2 heterocycles. The van der Waals surface area contributed by atoms with Gasteiger partial charge in [0.1, 0.15) is 11.3 Å². The van der Waals surface area contributed by atoms with Crippen molar-refractivity contribution in [2.75, 3.05) is 25.0 Å². The number of fused-ring (bicyclic) bond motifs is 1. The first kappa shape index (κ1) is 21.7. The molecule has 7 nitrogen and oxygen atoms in total. The van der Waals surface area contributed by atoms with E-state index >= 15 is 0 Å². The number of anilines is 1. The van der Waals surface area contributed by atoms with Crippen LogP contribution in [-0.2, 0) is 13.1 Å². The predicted molar refractivity (Wildman–Crippen MR) is 129 cm³/mol. The normalized spacial score (nSPS) is 14.1. The van der Waals surface area contributed by atoms with Gasteiger partial charge in [-0.05, 0) is 50.5 Å². The number of hydrogen-bond acceptors (Lipinski definition) is 3. The van der Waals surface area contributed by atoms with Crippen molar-refractivity contribution in [2.24, 2.45) is 4.99 Å². The van der Waals surface area contributed by atoms with E-state index in [0.717, 1.165) is 72.0 Å². The lowest BCUT2D eigenvalue weighted by molar-refractivity contribution is 0.222. The Bertz CT molecular complexity index is 1100. The molecule has 1 aliphatic rings. The number of furan rings is 1. The van der Waals surface area contributed by atoms with Crippen LogP contribution in [0.15, 0.2) is 57.9 Å². The van der Waals surface area contributed by atoms with Crippen LogP contribution in [0.2, 0.25) is 0 Å². The number of para-hydroxylation sites is 1. The molecule has 0 atom stereocenters. The highest BCUT2D eigenvalue weighted by molar-refractivity contribution is 5.89. The molecule has 0 radical (unpaired) electrons. The van der Waals surface area contributed by atoms with Crippen molar-refractivity contribution in [1.29, 1.82) is 0 Å². The zero-order valence-electron chi connectivity index (χ0n) is 18.8. The molecule has 7 heteroatoms. The number of rotatable bonds is 6. The Balaban J connectivity index is 1.39. The molecule has 32 heavy (non-hydrogen) atoms. The number of hydrogen-bond donors (Lipinski definition) is 3. The van der Waals surface area contributed by atoms with Crippen molar-refractivity contribution in [3.05, 3.63) is 65.4 Å². The third kappa shape index (κ3) is 5.22. The number of guanidine groups is 1. The van der Waals surface area contributed by atoms with Gasteiger partial charge >= 0.3 is 6.03 Å². The van der Waals surface area contributed by atoms with Gasteiger partial charge in [0.15, 0.2) is 5.96 Å². The monoisotopic (exact) mass is 433 g/mol. The SMILES string of the molecule is CCNC(=NCc1cccc(NC(=O)N2CCCC2)c1)NCc1oc2ccccc2c1C. The Morgan fingerprint density at radius 1 is 1.09 bits per heavy atom. The number of carbonyl (C=O) groups excluding carboxylic acids is 1. The van der Waals surface area contributed by atoms with Crippen LogP contribution in [0.25, 0.3) is 11.0 Å². The number of aliphatic imine (C=N–C) groups is 1. The molecule has 0 spiro atoms. The number of nitrogens with zero attached hydrogens (tertiary/aromatic N) is 2. The van der Waals surface area contributed by atoms with Gasteiger partial charge in [-0.25, -0.2) is 9.79 Å². The summed E-state index contributed by atoms with van der Waals surface area (Å²) in [7, 11) is 0. The van der Waals surface area contributed by atoms with E-state index in [2.05, 4.69) is 28.9 Å². The highest BCUT2D eigenvalue weighted by atomic mass is 16.3. The average molecular weight is 434 g/mol. The third-order valence-electron chi connectivity index (χ3n) is 5.69. The zero-order valence-corrected chi connectivity index (χ0v) is 18.8. The van der Waals surface area contributed by atoms with Crippen LogP contribution in [0.4, 0.5) is 10.5 Å². The molecule has 0 bridgehead atoms.